The zero-order valence-electron chi connectivity index (χ0n) is 11.5. The normalized spacial score (nSPS) is 10.8. The van der Waals surface area contributed by atoms with Crippen LogP contribution in [-0.2, 0) is 11.3 Å². The van der Waals surface area contributed by atoms with Crippen molar-refractivity contribution < 1.29 is 10.0 Å². The first kappa shape index (κ1) is 14.0. The average molecular weight is 299 g/mol. The van der Waals surface area contributed by atoms with E-state index in [-0.39, 0.29) is 18.5 Å². The van der Waals surface area contributed by atoms with Gasteiger partial charge < -0.3 is 0 Å². The van der Waals surface area contributed by atoms with Crippen molar-refractivity contribution in [3.63, 3.8) is 0 Å². The summed E-state index contributed by atoms with van der Waals surface area (Å²) in [6.07, 6.45) is 2.81. The van der Waals surface area contributed by atoms with Gasteiger partial charge in [0.1, 0.15) is 5.39 Å². The summed E-state index contributed by atoms with van der Waals surface area (Å²) in [6.45, 7) is 0.130. The minimum absolute atomic E-state index is 0.0174. The Morgan fingerprint density at radius 3 is 2.77 bits per heavy atom. The SMILES string of the molecule is O=C(CCn1cnc2c(cnn2-c2ccccc2)c1=O)NO. The van der Waals surface area contributed by atoms with Crippen molar-refractivity contribution >= 4 is 16.9 Å². The summed E-state index contributed by atoms with van der Waals surface area (Å²) in [5, 5.41) is 13.0. The predicted octanol–water partition coefficient (Wildman–Crippen LogP) is 0.478. The van der Waals surface area contributed by atoms with E-state index in [2.05, 4.69) is 10.1 Å². The van der Waals surface area contributed by atoms with E-state index in [0.29, 0.717) is 11.0 Å². The third-order valence-corrected chi connectivity index (χ3v) is 3.26. The van der Waals surface area contributed by atoms with Crippen molar-refractivity contribution in [3.8, 4) is 5.69 Å². The number of benzene rings is 1. The van der Waals surface area contributed by atoms with E-state index in [1.165, 1.54) is 22.6 Å². The quantitative estimate of drug-likeness (QED) is 0.539. The van der Waals surface area contributed by atoms with Crippen LogP contribution in [-0.4, -0.2) is 30.4 Å². The van der Waals surface area contributed by atoms with E-state index < -0.39 is 5.91 Å². The molecule has 8 nitrogen and oxygen atoms in total. The van der Waals surface area contributed by atoms with E-state index in [1.807, 2.05) is 30.3 Å². The van der Waals surface area contributed by atoms with Gasteiger partial charge in [-0.1, -0.05) is 18.2 Å². The van der Waals surface area contributed by atoms with Gasteiger partial charge in [-0.25, -0.2) is 15.1 Å². The van der Waals surface area contributed by atoms with E-state index in [0.717, 1.165) is 5.69 Å². The third kappa shape index (κ3) is 2.47. The van der Waals surface area contributed by atoms with Gasteiger partial charge in [-0.05, 0) is 12.1 Å². The molecule has 1 aromatic carbocycles. The summed E-state index contributed by atoms with van der Waals surface area (Å²) in [5.74, 6) is -0.563. The monoisotopic (exact) mass is 299 g/mol. The van der Waals surface area contributed by atoms with Gasteiger partial charge in [0.15, 0.2) is 5.65 Å². The lowest BCUT2D eigenvalue weighted by molar-refractivity contribution is -0.129. The molecule has 8 heteroatoms. The van der Waals surface area contributed by atoms with Crippen LogP contribution in [0, 0.1) is 0 Å². The fourth-order valence-corrected chi connectivity index (χ4v) is 2.14. The number of fused-ring (bicyclic) bond motifs is 1. The smallest absolute Gasteiger partial charge is 0.264 e. The highest BCUT2D eigenvalue weighted by Crippen LogP contribution is 2.12. The second-order valence-electron chi connectivity index (χ2n) is 4.66. The molecule has 0 saturated heterocycles. The fraction of sp³-hybridized carbons (Fsp3) is 0.143. The molecule has 22 heavy (non-hydrogen) atoms. The highest BCUT2D eigenvalue weighted by Gasteiger charge is 2.11. The number of nitrogens with zero attached hydrogens (tertiary/aromatic N) is 4. The Morgan fingerprint density at radius 1 is 1.27 bits per heavy atom. The van der Waals surface area contributed by atoms with Gasteiger partial charge in [0.2, 0.25) is 5.91 Å². The molecular weight excluding hydrogens is 286 g/mol. The molecule has 2 heterocycles. The lowest BCUT2D eigenvalue weighted by atomic mass is 10.3. The Labute approximate surface area is 124 Å². The van der Waals surface area contributed by atoms with Crippen molar-refractivity contribution in [2.24, 2.45) is 0 Å². The molecule has 0 spiro atoms. The van der Waals surface area contributed by atoms with Crippen molar-refractivity contribution in [2.75, 3.05) is 0 Å². The highest BCUT2D eigenvalue weighted by atomic mass is 16.5. The first-order valence-electron chi connectivity index (χ1n) is 6.62. The number of rotatable bonds is 4. The third-order valence-electron chi connectivity index (χ3n) is 3.26. The first-order chi connectivity index (χ1) is 10.7. The van der Waals surface area contributed by atoms with Crippen LogP contribution in [0.15, 0.2) is 47.7 Å². The van der Waals surface area contributed by atoms with Crippen LogP contribution in [0.4, 0.5) is 0 Å². The molecule has 0 atom stereocenters. The maximum Gasteiger partial charge on any atom is 0.264 e. The molecule has 0 saturated carbocycles. The van der Waals surface area contributed by atoms with Crippen LogP contribution in [0.5, 0.6) is 0 Å². The number of carbonyl (C=O) groups is 1. The molecule has 0 bridgehead atoms. The molecule has 0 unspecified atom stereocenters. The summed E-state index contributed by atoms with van der Waals surface area (Å²) >= 11 is 0. The maximum atomic E-state index is 12.3. The Balaban J connectivity index is 2.00. The molecule has 1 amide bonds. The van der Waals surface area contributed by atoms with Crippen LogP contribution < -0.4 is 11.0 Å². The molecular formula is C14H13N5O3. The minimum Gasteiger partial charge on any atom is -0.298 e. The fourth-order valence-electron chi connectivity index (χ4n) is 2.14. The number of aryl methyl sites for hydroxylation is 1. The molecule has 0 fully saturated rings. The number of amides is 1. The van der Waals surface area contributed by atoms with Crippen molar-refractivity contribution in [3.05, 3.63) is 53.2 Å². The number of nitrogens with one attached hydrogen (secondary N) is 1. The molecule has 0 aliphatic rings. The van der Waals surface area contributed by atoms with Crippen LogP contribution in [0.25, 0.3) is 16.7 Å². The summed E-state index contributed by atoms with van der Waals surface area (Å²) in [6, 6.07) is 9.37. The molecule has 3 aromatic rings. The second kappa shape index (κ2) is 5.78. The topological polar surface area (TPSA) is 102 Å². The molecule has 0 aliphatic carbocycles. The lowest BCUT2D eigenvalue weighted by Crippen LogP contribution is -2.25. The minimum atomic E-state index is -0.563. The largest absolute Gasteiger partial charge is 0.298 e. The number of para-hydroxylation sites is 1. The Morgan fingerprint density at radius 2 is 2.05 bits per heavy atom. The predicted molar refractivity (Wildman–Crippen MR) is 77.7 cm³/mol. The number of hydrogen-bond acceptors (Lipinski definition) is 5. The number of hydroxylamine groups is 1. The first-order valence-corrected chi connectivity index (χ1v) is 6.62. The molecule has 0 aliphatic heterocycles. The van der Waals surface area contributed by atoms with E-state index in [1.54, 1.807) is 4.68 Å². The van der Waals surface area contributed by atoms with Gasteiger partial charge in [-0.3, -0.25) is 19.4 Å². The second-order valence-corrected chi connectivity index (χ2v) is 4.66. The Kier molecular flexibility index (Phi) is 3.67. The number of carbonyl (C=O) groups excluding carboxylic acids is 1. The van der Waals surface area contributed by atoms with Crippen LogP contribution in [0.3, 0.4) is 0 Å². The number of aromatic nitrogens is 4. The van der Waals surface area contributed by atoms with Gasteiger partial charge in [0.05, 0.1) is 18.2 Å². The molecule has 3 rings (SSSR count). The molecule has 2 N–H and O–H groups in total. The standard InChI is InChI=1S/C14H13N5O3/c20-12(17-22)6-7-18-9-15-13-11(14(18)21)8-16-19(13)10-4-2-1-3-5-10/h1-5,8-9,22H,6-7H2,(H,17,20). The lowest BCUT2D eigenvalue weighted by Gasteiger charge is -2.05. The van der Waals surface area contributed by atoms with Gasteiger partial charge in [-0.15, -0.1) is 0 Å². The van der Waals surface area contributed by atoms with Crippen molar-refractivity contribution in [1.29, 1.82) is 0 Å². The van der Waals surface area contributed by atoms with E-state index in [9.17, 15) is 9.59 Å². The van der Waals surface area contributed by atoms with Crippen LogP contribution >= 0.6 is 0 Å². The van der Waals surface area contributed by atoms with Gasteiger partial charge >= 0.3 is 0 Å². The van der Waals surface area contributed by atoms with Crippen molar-refractivity contribution in [1.82, 2.24) is 24.8 Å². The zero-order chi connectivity index (χ0) is 15.5. The average Bonchev–Trinajstić information content (AvgIpc) is 2.99. The van der Waals surface area contributed by atoms with Crippen molar-refractivity contribution in [2.45, 2.75) is 13.0 Å². The molecule has 0 radical (unpaired) electrons. The van der Waals surface area contributed by atoms with Gasteiger partial charge in [-0.2, -0.15) is 5.10 Å². The summed E-state index contributed by atoms with van der Waals surface area (Å²) in [5.41, 5.74) is 2.51. The van der Waals surface area contributed by atoms with Gasteiger partial charge in [0, 0.05) is 13.0 Å². The highest BCUT2D eigenvalue weighted by molar-refractivity contribution is 5.75. The molecule has 112 valence electrons. The number of hydrogen-bond donors (Lipinski definition) is 2. The Hall–Kier alpha value is -3.00. The summed E-state index contributed by atoms with van der Waals surface area (Å²) < 4.78 is 2.90. The van der Waals surface area contributed by atoms with E-state index >= 15 is 0 Å². The summed E-state index contributed by atoms with van der Waals surface area (Å²) in [7, 11) is 0. The molecule has 2 aromatic heterocycles. The Bertz CT molecular complexity index is 869. The summed E-state index contributed by atoms with van der Waals surface area (Å²) in [4.78, 5) is 27.6. The van der Waals surface area contributed by atoms with Crippen LogP contribution in [0.2, 0.25) is 0 Å². The van der Waals surface area contributed by atoms with E-state index in [4.69, 9.17) is 5.21 Å². The van der Waals surface area contributed by atoms with Gasteiger partial charge in [0.25, 0.3) is 5.56 Å². The maximum absolute atomic E-state index is 12.3. The zero-order valence-corrected chi connectivity index (χ0v) is 11.5. The van der Waals surface area contributed by atoms with Crippen LogP contribution in [0.1, 0.15) is 6.42 Å².